The number of nitrogens with zero attached hydrogens (tertiary/aromatic N) is 2. The van der Waals surface area contributed by atoms with Crippen molar-refractivity contribution in [1.82, 2.24) is 0 Å². The summed E-state index contributed by atoms with van der Waals surface area (Å²) in [7, 11) is 6.57. The summed E-state index contributed by atoms with van der Waals surface area (Å²) in [6, 6.07) is 0. The van der Waals surface area contributed by atoms with Gasteiger partial charge in [0.25, 0.3) is 5.91 Å². The number of primary amides is 1. The van der Waals surface area contributed by atoms with E-state index < -0.39 is 0 Å². The molecule has 0 radical (unpaired) electrons. The third-order valence-corrected chi connectivity index (χ3v) is 3.03. The number of piperazine rings is 1. The van der Waals surface area contributed by atoms with Crippen molar-refractivity contribution in [3.05, 3.63) is 0 Å². The first-order valence-corrected chi connectivity index (χ1v) is 4.77. The molecule has 1 rings (SSSR count). The SMILES string of the molecule is C[N+]1(C)CC[N+](C)(CC(N)=O)CC1. The minimum absolute atomic E-state index is 0.185. The fraction of sp³-hybridized carbons (Fsp3) is 0.889. The van der Waals surface area contributed by atoms with Crippen molar-refractivity contribution in [2.24, 2.45) is 5.73 Å². The van der Waals surface area contributed by atoms with Crippen molar-refractivity contribution in [3.63, 3.8) is 0 Å². The number of nitrogens with two attached hydrogens (primary N) is 1. The molecular formula is C9H21N3O+2. The Bertz CT molecular complexity index is 203. The van der Waals surface area contributed by atoms with E-state index in [1.165, 1.54) is 0 Å². The molecule has 76 valence electrons. The van der Waals surface area contributed by atoms with Crippen LogP contribution in [-0.4, -0.2) is 68.7 Å². The number of carbonyl (C=O) groups excluding carboxylic acids is 1. The topological polar surface area (TPSA) is 43.1 Å². The van der Waals surface area contributed by atoms with Gasteiger partial charge in [0.1, 0.15) is 26.2 Å². The largest absolute Gasteiger partial charge is 0.365 e. The van der Waals surface area contributed by atoms with Crippen LogP contribution in [0.1, 0.15) is 0 Å². The van der Waals surface area contributed by atoms with Crippen molar-refractivity contribution in [2.45, 2.75) is 0 Å². The van der Waals surface area contributed by atoms with Crippen LogP contribution in [0.2, 0.25) is 0 Å². The van der Waals surface area contributed by atoms with Crippen LogP contribution in [0, 0.1) is 0 Å². The standard InChI is InChI=1S/C9H20N3O/c1-11(2)4-6-12(3,7-5-11)8-9(10)13/h4-8H2,1-3H3,(H-,10,13)/q+1/p+1. The van der Waals surface area contributed by atoms with Gasteiger partial charge in [-0.2, -0.15) is 0 Å². The molecule has 13 heavy (non-hydrogen) atoms. The molecule has 0 atom stereocenters. The zero-order valence-corrected chi connectivity index (χ0v) is 8.92. The van der Waals surface area contributed by atoms with Gasteiger partial charge >= 0.3 is 0 Å². The summed E-state index contributed by atoms with van der Waals surface area (Å²) >= 11 is 0. The highest BCUT2D eigenvalue weighted by molar-refractivity contribution is 5.74. The summed E-state index contributed by atoms with van der Waals surface area (Å²) in [6.07, 6.45) is 0. The first kappa shape index (κ1) is 10.5. The van der Waals surface area contributed by atoms with E-state index in [0.717, 1.165) is 35.1 Å². The fourth-order valence-corrected chi connectivity index (χ4v) is 1.78. The molecule has 1 amide bonds. The number of hydrogen-bond acceptors (Lipinski definition) is 1. The average molecular weight is 187 g/mol. The molecule has 2 N–H and O–H groups in total. The summed E-state index contributed by atoms with van der Waals surface area (Å²) in [5.41, 5.74) is 5.22. The van der Waals surface area contributed by atoms with Crippen LogP contribution < -0.4 is 5.73 Å². The Balaban J connectivity index is 2.51. The lowest BCUT2D eigenvalue weighted by atomic mass is 10.2. The molecule has 0 saturated carbocycles. The van der Waals surface area contributed by atoms with Gasteiger partial charge < -0.3 is 14.7 Å². The van der Waals surface area contributed by atoms with Crippen LogP contribution in [0.15, 0.2) is 0 Å². The van der Waals surface area contributed by atoms with Crippen LogP contribution in [0.25, 0.3) is 0 Å². The van der Waals surface area contributed by atoms with Gasteiger partial charge in [-0.05, 0) is 0 Å². The highest BCUT2D eigenvalue weighted by Crippen LogP contribution is 2.12. The van der Waals surface area contributed by atoms with E-state index in [-0.39, 0.29) is 5.91 Å². The third kappa shape index (κ3) is 2.97. The summed E-state index contributed by atoms with van der Waals surface area (Å²) in [5.74, 6) is -0.185. The molecule has 0 bridgehead atoms. The monoisotopic (exact) mass is 187 g/mol. The lowest BCUT2D eigenvalue weighted by Crippen LogP contribution is -2.64. The molecule has 1 aliphatic heterocycles. The number of quaternary nitrogens is 2. The van der Waals surface area contributed by atoms with Gasteiger partial charge in [-0.3, -0.25) is 4.79 Å². The molecule has 4 nitrogen and oxygen atoms in total. The van der Waals surface area contributed by atoms with Crippen molar-refractivity contribution >= 4 is 5.91 Å². The molecule has 1 fully saturated rings. The van der Waals surface area contributed by atoms with E-state index in [2.05, 4.69) is 21.1 Å². The maximum absolute atomic E-state index is 10.8. The first-order chi connectivity index (χ1) is 5.83. The van der Waals surface area contributed by atoms with Crippen molar-refractivity contribution < 1.29 is 13.8 Å². The van der Waals surface area contributed by atoms with Gasteiger partial charge in [0.15, 0.2) is 6.54 Å². The van der Waals surface area contributed by atoms with Crippen molar-refractivity contribution in [2.75, 3.05) is 53.9 Å². The Morgan fingerprint density at radius 1 is 1.15 bits per heavy atom. The number of hydrogen-bond donors (Lipinski definition) is 1. The van der Waals surface area contributed by atoms with Crippen LogP contribution in [0.5, 0.6) is 0 Å². The Morgan fingerprint density at radius 2 is 1.62 bits per heavy atom. The number of carbonyl (C=O) groups is 1. The number of rotatable bonds is 2. The van der Waals surface area contributed by atoms with Crippen LogP contribution in [0.3, 0.4) is 0 Å². The number of likely N-dealkylation sites (N-methyl/N-ethyl adjacent to an activating group) is 2. The maximum Gasteiger partial charge on any atom is 0.272 e. The minimum Gasteiger partial charge on any atom is -0.365 e. The van der Waals surface area contributed by atoms with Gasteiger partial charge in [0, 0.05) is 0 Å². The molecule has 0 aromatic rings. The minimum atomic E-state index is -0.185. The Labute approximate surface area is 80.1 Å². The molecule has 4 heteroatoms. The smallest absolute Gasteiger partial charge is 0.272 e. The van der Waals surface area contributed by atoms with Crippen LogP contribution >= 0.6 is 0 Å². The quantitative estimate of drug-likeness (QED) is 0.554. The van der Waals surface area contributed by atoms with Gasteiger partial charge in [0.2, 0.25) is 0 Å². The van der Waals surface area contributed by atoms with Gasteiger partial charge in [0.05, 0.1) is 21.1 Å². The fourth-order valence-electron chi connectivity index (χ4n) is 1.78. The van der Waals surface area contributed by atoms with Gasteiger partial charge in [-0.25, -0.2) is 0 Å². The summed E-state index contributed by atoms with van der Waals surface area (Å²) in [4.78, 5) is 10.8. The predicted octanol–water partition coefficient (Wildman–Crippen LogP) is -0.992. The van der Waals surface area contributed by atoms with E-state index in [1.807, 2.05) is 0 Å². The summed E-state index contributed by atoms with van der Waals surface area (Å²) in [5, 5.41) is 0. The molecule has 0 aliphatic carbocycles. The first-order valence-electron chi connectivity index (χ1n) is 4.77. The van der Waals surface area contributed by atoms with E-state index >= 15 is 0 Å². The van der Waals surface area contributed by atoms with E-state index in [0.29, 0.717) is 6.54 Å². The molecule has 0 aromatic carbocycles. The van der Waals surface area contributed by atoms with Crippen LogP contribution in [0.4, 0.5) is 0 Å². The van der Waals surface area contributed by atoms with Gasteiger partial charge in [-0.1, -0.05) is 0 Å². The lowest BCUT2D eigenvalue weighted by molar-refractivity contribution is -1.00. The molecule has 1 heterocycles. The molecule has 0 aromatic heterocycles. The molecule has 1 saturated heterocycles. The van der Waals surface area contributed by atoms with Crippen molar-refractivity contribution in [3.8, 4) is 0 Å². The normalized spacial score (nSPS) is 25.5. The molecular weight excluding hydrogens is 166 g/mol. The Morgan fingerprint density at radius 3 is 2.00 bits per heavy atom. The second-order valence-electron chi connectivity index (χ2n) is 5.07. The van der Waals surface area contributed by atoms with Crippen LogP contribution in [-0.2, 0) is 4.79 Å². The Hall–Kier alpha value is -0.610. The Kier molecular flexibility index (Phi) is 2.63. The molecule has 0 spiro atoms. The zero-order chi connectivity index (χ0) is 10.1. The molecule has 0 unspecified atom stereocenters. The highest BCUT2D eigenvalue weighted by atomic mass is 16.1. The second-order valence-corrected chi connectivity index (χ2v) is 5.07. The van der Waals surface area contributed by atoms with E-state index in [4.69, 9.17) is 5.73 Å². The van der Waals surface area contributed by atoms with E-state index in [1.54, 1.807) is 0 Å². The van der Waals surface area contributed by atoms with Gasteiger partial charge in [-0.15, -0.1) is 0 Å². The highest BCUT2D eigenvalue weighted by Gasteiger charge is 2.35. The maximum atomic E-state index is 10.8. The second kappa shape index (κ2) is 3.27. The summed E-state index contributed by atoms with van der Waals surface area (Å²) in [6.45, 7) is 4.85. The zero-order valence-electron chi connectivity index (χ0n) is 8.92. The van der Waals surface area contributed by atoms with E-state index in [9.17, 15) is 4.79 Å². The summed E-state index contributed by atoms with van der Waals surface area (Å²) < 4.78 is 1.88. The predicted molar refractivity (Wildman–Crippen MR) is 51.8 cm³/mol. The third-order valence-electron chi connectivity index (χ3n) is 3.03. The van der Waals surface area contributed by atoms with Crippen molar-refractivity contribution in [1.29, 1.82) is 0 Å². The lowest BCUT2D eigenvalue weighted by Gasteiger charge is -2.43. The number of amides is 1. The molecule has 1 aliphatic rings. The average Bonchev–Trinajstić information content (AvgIpc) is 1.95.